The zero-order valence-corrected chi connectivity index (χ0v) is 15.6. The van der Waals surface area contributed by atoms with Gasteiger partial charge in [-0.25, -0.2) is 9.97 Å². The molecule has 0 bridgehead atoms. The third-order valence-corrected chi connectivity index (χ3v) is 4.81. The van der Waals surface area contributed by atoms with Crippen LogP contribution in [0.5, 0.6) is 0 Å². The number of rotatable bonds is 4. The van der Waals surface area contributed by atoms with Crippen LogP contribution in [0.4, 0.5) is 11.6 Å². The van der Waals surface area contributed by atoms with Crippen LogP contribution in [0.15, 0.2) is 36.5 Å². The molecule has 1 saturated heterocycles. The monoisotopic (exact) mass is 365 g/mol. The molecule has 140 valence electrons. The lowest BCUT2D eigenvalue weighted by atomic mass is 10.2. The van der Waals surface area contributed by atoms with Crippen molar-refractivity contribution in [3.8, 4) is 0 Å². The van der Waals surface area contributed by atoms with Gasteiger partial charge in [-0.05, 0) is 31.4 Å². The number of nitrogens with one attached hydrogen (secondary N) is 1. The molecule has 4 rings (SSSR count). The molecule has 0 radical (unpaired) electrons. The van der Waals surface area contributed by atoms with E-state index in [0.717, 1.165) is 35.4 Å². The minimum Gasteiger partial charge on any atom is -0.378 e. The lowest BCUT2D eigenvalue weighted by Gasteiger charge is -2.27. The van der Waals surface area contributed by atoms with E-state index in [0.29, 0.717) is 24.8 Å². The molecule has 1 N–H and O–H groups in total. The first-order chi connectivity index (χ1) is 13.1. The summed E-state index contributed by atoms with van der Waals surface area (Å²) in [5.41, 5.74) is 3.28. The van der Waals surface area contributed by atoms with E-state index >= 15 is 0 Å². The average Bonchev–Trinajstić information content (AvgIpc) is 3.08. The van der Waals surface area contributed by atoms with Gasteiger partial charge in [0.05, 0.1) is 30.3 Å². The van der Waals surface area contributed by atoms with Gasteiger partial charge in [0.2, 0.25) is 11.9 Å². The minimum atomic E-state index is -0.0923. The first kappa shape index (κ1) is 17.5. The van der Waals surface area contributed by atoms with Crippen molar-refractivity contribution >= 4 is 28.4 Å². The predicted octanol–water partition coefficient (Wildman–Crippen LogP) is 2.52. The molecule has 0 spiro atoms. The van der Waals surface area contributed by atoms with Crippen LogP contribution in [-0.2, 0) is 16.1 Å². The Hall–Kier alpha value is -2.93. The predicted molar refractivity (Wildman–Crippen MR) is 105 cm³/mol. The number of aromatic nitrogens is 3. The van der Waals surface area contributed by atoms with Crippen molar-refractivity contribution in [1.82, 2.24) is 14.5 Å². The Morgan fingerprint density at radius 1 is 1.11 bits per heavy atom. The average molecular weight is 365 g/mol. The standard InChI is InChI=1S/C20H23N5O2/c1-14-19(15(2)22-20(21-14)24-9-11-27-12-10-24)23-18(26)13-25-8-7-16-5-3-4-6-17(16)25/h3-8H,9-13H2,1-2H3,(H,23,26). The van der Waals surface area contributed by atoms with Crippen LogP contribution in [-0.4, -0.2) is 46.7 Å². The number of hydrogen-bond donors (Lipinski definition) is 1. The van der Waals surface area contributed by atoms with Gasteiger partial charge in [0.1, 0.15) is 6.54 Å². The highest BCUT2D eigenvalue weighted by Gasteiger charge is 2.18. The summed E-state index contributed by atoms with van der Waals surface area (Å²) >= 11 is 0. The number of para-hydroxylation sites is 1. The lowest BCUT2D eigenvalue weighted by molar-refractivity contribution is -0.116. The molecule has 7 heteroatoms. The zero-order chi connectivity index (χ0) is 18.8. The van der Waals surface area contributed by atoms with Crippen molar-refractivity contribution in [3.05, 3.63) is 47.9 Å². The number of carbonyl (C=O) groups is 1. The number of aryl methyl sites for hydroxylation is 2. The molecule has 3 aromatic rings. The Morgan fingerprint density at radius 2 is 1.81 bits per heavy atom. The summed E-state index contributed by atoms with van der Waals surface area (Å²) in [5.74, 6) is 0.605. The molecular weight excluding hydrogens is 342 g/mol. The fraction of sp³-hybridized carbons (Fsp3) is 0.350. The van der Waals surface area contributed by atoms with Crippen molar-refractivity contribution in [2.45, 2.75) is 20.4 Å². The maximum Gasteiger partial charge on any atom is 0.244 e. The second kappa shape index (κ2) is 7.36. The number of ether oxygens (including phenoxy) is 1. The highest BCUT2D eigenvalue weighted by Crippen LogP contribution is 2.21. The van der Waals surface area contributed by atoms with Crippen LogP contribution in [0.2, 0.25) is 0 Å². The zero-order valence-electron chi connectivity index (χ0n) is 15.6. The van der Waals surface area contributed by atoms with Gasteiger partial charge < -0.3 is 19.5 Å². The SMILES string of the molecule is Cc1nc(N2CCOCC2)nc(C)c1NC(=O)Cn1ccc2ccccc21. The Labute approximate surface area is 158 Å². The molecule has 0 atom stereocenters. The largest absolute Gasteiger partial charge is 0.378 e. The number of nitrogens with zero attached hydrogens (tertiary/aromatic N) is 4. The van der Waals surface area contributed by atoms with Crippen molar-refractivity contribution < 1.29 is 9.53 Å². The van der Waals surface area contributed by atoms with E-state index in [1.165, 1.54) is 0 Å². The summed E-state index contributed by atoms with van der Waals surface area (Å²) in [5, 5.41) is 4.10. The fourth-order valence-corrected chi connectivity index (χ4v) is 3.40. The number of hydrogen-bond acceptors (Lipinski definition) is 5. The summed E-state index contributed by atoms with van der Waals surface area (Å²) < 4.78 is 7.32. The van der Waals surface area contributed by atoms with E-state index in [-0.39, 0.29) is 12.5 Å². The smallest absolute Gasteiger partial charge is 0.244 e. The van der Waals surface area contributed by atoms with Gasteiger partial charge >= 0.3 is 0 Å². The first-order valence-corrected chi connectivity index (χ1v) is 9.13. The Balaban J connectivity index is 1.50. The van der Waals surface area contributed by atoms with Gasteiger partial charge in [-0.2, -0.15) is 0 Å². The summed E-state index contributed by atoms with van der Waals surface area (Å²) in [7, 11) is 0. The molecule has 1 amide bonds. The summed E-state index contributed by atoms with van der Waals surface area (Å²) in [4.78, 5) is 23.9. The normalized spacial score (nSPS) is 14.5. The van der Waals surface area contributed by atoms with Crippen LogP contribution < -0.4 is 10.2 Å². The second-order valence-corrected chi connectivity index (χ2v) is 6.72. The van der Waals surface area contributed by atoms with Gasteiger partial charge in [-0.15, -0.1) is 0 Å². The number of amides is 1. The Bertz CT molecular complexity index is 952. The van der Waals surface area contributed by atoms with Crippen molar-refractivity contribution in [2.75, 3.05) is 36.5 Å². The molecule has 1 aliphatic heterocycles. The van der Waals surface area contributed by atoms with E-state index in [1.807, 2.05) is 54.9 Å². The third-order valence-electron chi connectivity index (χ3n) is 4.81. The van der Waals surface area contributed by atoms with Crippen LogP contribution in [0.25, 0.3) is 10.9 Å². The van der Waals surface area contributed by atoms with Crippen LogP contribution in [0, 0.1) is 13.8 Å². The molecule has 1 aromatic carbocycles. The number of morpholine rings is 1. The second-order valence-electron chi connectivity index (χ2n) is 6.72. The Morgan fingerprint density at radius 3 is 2.56 bits per heavy atom. The van der Waals surface area contributed by atoms with E-state index in [2.05, 4.69) is 20.2 Å². The van der Waals surface area contributed by atoms with Crippen molar-refractivity contribution in [3.63, 3.8) is 0 Å². The quantitative estimate of drug-likeness (QED) is 0.769. The molecule has 1 aliphatic rings. The lowest BCUT2D eigenvalue weighted by Crippen LogP contribution is -2.37. The topological polar surface area (TPSA) is 72.3 Å². The van der Waals surface area contributed by atoms with Gasteiger partial charge in [0.25, 0.3) is 0 Å². The first-order valence-electron chi connectivity index (χ1n) is 9.13. The summed E-state index contributed by atoms with van der Waals surface area (Å²) in [6, 6.07) is 10.0. The molecule has 0 saturated carbocycles. The minimum absolute atomic E-state index is 0.0923. The molecule has 27 heavy (non-hydrogen) atoms. The third kappa shape index (κ3) is 3.64. The van der Waals surface area contributed by atoms with Crippen LogP contribution >= 0.6 is 0 Å². The van der Waals surface area contributed by atoms with Gasteiger partial charge in [-0.3, -0.25) is 4.79 Å². The molecule has 2 aromatic heterocycles. The molecule has 0 aliphatic carbocycles. The van der Waals surface area contributed by atoms with Crippen LogP contribution in [0.1, 0.15) is 11.4 Å². The maximum atomic E-state index is 12.6. The van der Waals surface area contributed by atoms with Crippen LogP contribution in [0.3, 0.4) is 0 Å². The summed E-state index contributed by atoms with van der Waals surface area (Å²) in [6.07, 6.45) is 1.93. The maximum absolute atomic E-state index is 12.6. The number of fused-ring (bicyclic) bond motifs is 1. The van der Waals surface area contributed by atoms with E-state index in [1.54, 1.807) is 0 Å². The molecule has 0 unspecified atom stereocenters. The van der Waals surface area contributed by atoms with Crippen molar-refractivity contribution in [1.29, 1.82) is 0 Å². The number of carbonyl (C=O) groups excluding carboxylic acids is 1. The Kier molecular flexibility index (Phi) is 4.77. The summed E-state index contributed by atoms with van der Waals surface area (Å²) in [6.45, 7) is 6.99. The van der Waals surface area contributed by atoms with Gasteiger partial charge in [0, 0.05) is 24.8 Å². The van der Waals surface area contributed by atoms with Gasteiger partial charge in [-0.1, -0.05) is 18.2 Å². The van der Waals surface area contributed by atoms with Gasteiger partial charge in [0.15, 0.2) is 0 Å². The number of anilines is 2. The fourth-order valence-electron chi connectivity index (χ4n) is 3.40. The van der Waals surface area contributed by atoms with E-state index in [9.17, 15) is 4.79 Å². The highest BCUT2D eigenvalue weighted by molar-refractivity contribution is 5.93. The van der Waals surface area contributed by atoms with Crippen molar-refractivity contribution in [2.24, 2.45) is 0 Å². The molecular formula is C20H23N5O2. The molecule has 7 nitrogen and oxygen atoms in total. The van der Waals surface area contributed by atoms with E-state index in [4.69, 9.17) is 4.74 Å². The molecule has 3 heterocycles. The number of benzene rings is 1. The molecule has 1 fully saturated rings. The highest BCUT2D eigenvalue weighted by atomic mass is 16.5. The van der Waals surface area contributed by atoms with E-state index < -0.39 is 0 Å².